The van der Waals surface area contributed by atoms with Crippen LogP contribution in [-0.4, -0.2) is 27.7 Å². The number of aromatic hydroxyl groups is 1. The number of alkyl halides is 1. The number of hydrogen-bond donors (Lipinski definition) is 2. The van der Waals surface area contributed by atoms with Gasteiger partial charge in [-0.25, -0.2) is 0 Å². The molecule has 1 aromatic rings. The van der Waals surface area contributed by atoms with Gasteiger partial charge in [-0.3, -0.25) is 4.79 Å². The fourth-order valence-corrected chi connectivity index (χ4v) is 5.27. The summed E-state index contributed by atoms with van der Waals surface area (Å²) in [5.41, 5.74) is 4.23. The number of halogens is 1. The highest BCUT2D eigenvalue weighted by Crippen LogP contribution is 2.44. The largest absolute Gasteiger partial charge is 0.507 e. The zero-order chi connectivity index (χ0) is 27.5. The average Bonchev–Trinajstić information content (AvgIpc) is 2.81. The molecule has 5 heteroatoms. The van der Waals surface area contributed by atoms with Crippen LogP contribution in [0, 0.1) is 38.5 Å². The fraction of sp³-hybridized carbons (Fsp3) is 0.774. The summed E-state index contributed by atoms with van der Waals surface area (Å²) in [7, 11) is 0. The minimum absolute atomic E-state index is 0.0712. The predicted octanol–water partition coefficient (Wildman–Crippen LogP) is 9.15. The first kappa shape index (κ1) is 32.6. The van der Waals surface area contributed by atoms with Crippen LogP contribution in [0.2, 0.25) is 0 Å². The first-order valence-electron chi connectivity index (χ1n) is 14.1. The third-order valence-electron chi connectivity index (χ3n) is 7.98. The third-order valence-corrected chi connectivity index (χ3v) is 8.21. The second-order valence-corrected chi connectivity index (χ2v) is 12.2. The number of fused-ring (bicyclic) bond motifs is 1. The van der Waals surface area contributed by atoms with Gasteiger partial charge in [-0.05, 0) is 87.8 Å². The molecule has 1 aromatic carbocycles. The number of hydrogen-bond acceptors (Lipinski definition) is 3. The van der Waals surface area contributed by atoms with E-state index >= 15 is 0 Å². The van der Waals surface area contributed by atoms with Crippen molar-refractivity contribution >= 4 is 17.6 Å². The maximum absolute atomic E-state index is 10.4. The van der Waals surface area contributed by atoms with E-state index in [0.29, 0.717) is 5.75 Å². The smallest absolute Gasteiger partial charge is 0.318 e. The molecule has 0 radical (unpaired) electrons. The van der Waals surface area contributed by atoms with Crippen molar-refractivity contribution in [3.63, 3.8) is 0 Å². The van der Waals surface area contributed by atoms with Crippen LogP contribution in [0.3, 0.4) is 0 Å². The summed E-state index contributed by atoms with van der Waals surface area (Å²) in [5, 5.41) is 18.0. The van der Waals surface area contributed by atoms with E-state index in [0.717, 1.165) is 59.5 Å². The molecule has 0 amide bonds. The predicted molar refractivity (Wildman–Crippen MR) is 153 cm³/mol. The lowest BCUT2D eigenvalue weighted by Crippen LogP contribution is -2.37. The van der Waals surface area contributed by atoms with Gasteiger partial charge in [-0.2, -0.15) is 0 Å². The van der Waals surface area contributed by atoms with Gasteiger partial charge in [0.1, 0.15) is 23.0 Å². The molecule has 1 heterocycles. The van der Waals surface area contributed by atoms with Gasteiger partial charge in [0.2, 0.25) is 0 Å². The molecule has 2 unspecified atom stereocenters. The first-order valence-corrected chi connectivity index (χ1v) is 14.6. The lowest BCUT2D eigenvalue weighted by molar-refractivity contribution is -0.134. The molecule has 0 aliphatic carbocycles. The van der Waals surface area contributed by atoms with Crippen LogP contribution in [0.4, 0.5) is 0 Å². The topological polar surface area (TPSA) is 66.8 Å². The monoisotopic (exact) mass is 524 g/mol. The number of phenolic OH excluding ortho intramolecular Hbond substituents is 1. The molecule has 0 bridgehead atoms. The Bertz CT molecular complexity index is 820. The van der Waals surface area contributed by atoms with Crippen molar-refractivity contribution in [2.24, 2.45) is 17.8 Å². The SMILES string of the molecule is Cc1c(C)c2c(c(C)c1O)CC[C@@](C)(CCCC(C)CCCC(C)CCCC(C)C)O2.O=C(O)CCl. The van der Waals surface area contributed by atoms with Gasteiger partial charge in [0.25, 0.3) is 0 Å². The van der Waals surface area contributed by atoms with E-state index in [4.69, 9.17) is 21.4 Å². The minimum Gasteiger partial charge on any atom is -0.507 e. The summed E-state index contributed by atoms with van der Waals surface area (Å²) in [6, 6.07) is 0. The molecule has 0 saturated heterocycles. The Kier molecular flexibility index (Phi) is 14.3. The number of aliphatic carboxylic acids is 1. The van der Waals surface area contributed by atoms with Crippen LogP contribution in [0.25, 0.3) is 0 Å². The quantitative estimate of drug-likeness (QED) is 0.252. The van der Waals surface area contributed by atoms with Crippen molar-refractivity contribution in [2.45, 2.75) is 132 Å². The van der Waals surface area contributed by atoms with Gasteiger partial charge in [0.05, 0.1) is 0 Å². The van der Waals surface area contributed by atoms with Crippen LogP contribution >= 0.6 is 11.6 Å². The summed E-state index contributed by atoms with van der Waals surface area (Å²) >= 11 is 4.74. The Hall–Kier alpha value is -1.42. The van der Waals surface area contributed by atoms with Crippen molar-refractivity contribution in [1.82, 2.24) is 0 Å². The Morgan fingerprint density at radius 3 is 1.92 bits per heavy atom. The zero-order valence-electron chi connectivity index (χ0n) is 24.3. The average molecular weight is 525 g/mol. The number of carboxylic acid groups (broad SMARTS) is 1. The molecule has 36 heavy (non-hydrogen) atoms. The maximum atomic E-state index is 10.4. The van der Waals surface area contributed by atoms with Gasteiger partial charge < -0.3 is 14.9 Å². The summed E-state index contributed by atoms with van der Waals surface area (Å²) in [4.78, 5) is 9.24. The number of rotatable bonds is 13. The molecule has 4 nitrogen and oxygen atoms in total. The van der Waals surface area contributed by atoms with E-state index in [-0.39, 0.29) is 11.5 Å². The minimum atomic E-state index is -0.980. The van der Waals surface area contributed by atoms with E-state index in [9.17, 15) is 9.90 Å². The summed E-state index contributed by atoms with van der Waals surface area (Å²) < 4.78 is 6.60. The molecule has 2 N–H and O–H groups in total. The summed E-state index contributed by atoms with van der Waals surface area (Å²) in [6.45, 7) is 17.9. The molecule has 2 rings (SSSR count). The Morgan fingerprint density at radius 1 is 0.917 bits per heavy atom. The lowest BCUT2D eigenvalue weighted by Gasteiger charge is -2.38. The molecule has 1 aliphatic rings. The second-order valence-electron chi connectivity index (χ2n) is 12.0. The number of benzene rings is 1. The van der Waals surface area contributed by atoms with E-state index < -0.39 is 5.97 Å². The Morgan fingerprint density at radius 2 is 1.42 bits per heavy atom. The van der Waals surface area contributed by atoms with Gasteiger partial charge in [-0.1, -0.05) is 72.6 Å². The molecule has 0 fully saturated rings. The zero-order valence-corrected chi connectivity index (χ0v) is 25.1. The van der Waals surface area contributed by atoms with Crippen molar-refractivity contribution < 1.29 is 19.7 Å². The number of carbonyl (C=O) groups is 1. The molecular weight excluding hydrogens is 472 g/mol. The highest BCUT2D eigenvalue weighted by Gasteiger charge is 2.34. The van der Waals surface area contributed by atoms with Crippen LogP contribution in [0.5, 0.6) is 11.5 Å². The molecule has 1 aliphatic heterocycles. The van der Waals surface area contributed by atoms with E-state index in [1.165, 1.54) is 56.9 Å². The number of ether oxygens (including phenoxy) is 1. The van der Waals surface area contributed by atoms with Crippen molar-refractivity contribution in [1.29, 1.82) is 0 Å². The van der Waals surface area contributed by atoms with Crippen LogP contribution in [0.15, 0.2) is 0 Å². The van der Waals surface area contributed by atoms with Gasteiger partial charge in [0, 0.05) is 5.56 Å². The normalized spacial score (nSPS) is 18.6. The fourth-order valence-electron chi connectivity index (χ4n) is 5.27. The lowest BCUT2D eigenvalue weighted by atomic mass is 9.84. The third kappa shape index (κ3) is 10.9. The molecule has 0 aromatic heterocycles. The molecule has 208 valence electrons. The number of phenols is 1. The van der Waals surface area contributed by atoms with Crippen LogP contribution in [0.1, 0.15) is 121 Å². The second kappa shape index (κ2) is 15.7. The van der Waals surface area contributed by atoms with Gasteiger partial charge in [-0.15, -0.1) is 11.6 Å². The van der Waals surface area contributed by atoms with E-state index in [1.807, 2.05) is 13.8 Å². The molecular formula is C31H53ClO4. The molecule has 3 atom stereocenters. The van der Waals surface area contributed by atoms with Crippen molar-refractivity contribution in [3.05, 3.63) is 22.3 Å². The standard InChI is InChI=1S/C29H50O2.C2H3ClO2/c1-20(2)12-9-13-21(3)14-10-15-22(4)16-11-18-29(8)19-17-26-25(7)27(30)23(5)24(6)28(26)31-29;3-1-2(4)5/h20-22,30H,9-19H2,1-8H3;1H2,(H,4,5)/t21?,22?,29-;/m1./s1. The van der Waals surface area contributed by atoms with Crippen molar-refractivity contribution in [3.8, 4) is 11.5 Å². The van der Waals surface area contributed by atoms with Gasteiger partial charge in [0.15, 0.2) is 0 Å². The Balaban J connectivity index is 0.00000118. The van der Waals surface area contributed by atoms with E-state index in [1.54, 1.807) is 0 Å². The van der Waals surface area contributed by atoms with Gasteiger partial charge >= 0.3 is 5.97 Å². The summed E-state index contributed by atoms with van der Waals surface area (Å²) in [5.74, 6) is 2.75. The molecule has 0 spiro atoms. The van der Waals surface area contributed by atoms with Crippen LogP contribution in [-0.2, 0) is 11.2 Å². The maximum Gasteiger partial charge on any atom is 0.318 e. The Labute approximate surface area is 226 Å². The molecule has 0 saturated carbocycles. The van der Waals surface area contributed by atoms with Crippen molar-refractivity contribution in [2.75, 3.05) is 5.88 Å². The van der Waals surface area contributed by atoms with E-state index in [2.05, 4.69) is 41.5 Å². The number of carboxylic acids is 1. The first-order chi connectivity index (χ1) is 16.8. The highest BCUT2D eigenvalue weighted by atomic mass is 35.5. The van der Waals surface area contributed by atoms with Crippen LogP contribution < -0.4 is 4.74 Å². The highest BCUT2D eigenvalue weighted by molar-refractivity contribution is 6.26. The summed E-state index contributed by atoms with van der Waals surface area (Å²) in [6.07, 6.45) is 14.1.